The maximum Gasteiger partial charge on any atom is 0.243 e. The van der Waals surface area contributed by atoms with E-state index in [1.807, 2.05) is 37.4 Å². The first kappa shape index (κ1) is 22.8. The number of sulfonamides is 1. The molecule has 5 nitrogen and oxygen atoms in total. The van der Waals surface area contributed by atoms with Gasteiger partial charge < -0.3 is 5.32 Å². The van der Waals surface area contributed by atoms with Gasteiger partial charge in [-0.3, -0.25) is 4.79 Å². The highest BCUT2D eigenvalue weighted by atomic mass is 32.2. The molecule has 0 spiro atoms. The van der Waals surface area contributed by atoms with Gasteiger partial charge >= 0.3 is 0 Å². The van der Waals surface area contributed by atoms with E-state index in [0.29, 0.717) is 30.8 Å². The predicted molar refractivity (Wildman–Crippen MR) is 122 cm³/mol. The van der Waals surface area contributed by atoms with Crippen LogP contribution in [0.1, 0.15) is 49.8 Å². The molecule has 2 aromatic carbocycles. The van der Waals surface area contributed by atoms with Gasteiger partial charge in [0.15, 0.2) is 0 Å². The van der Waals surface area contributed by atoms with Crippen LogP contribution in [0, 0.1) is 0 Å². The molecule has 7 heteroatoms. The molecule has 1 fully saturated rings. The Morgan fingerprint density at radius 2 is 1.67 bits per heavy atom. The summed E-state index contributed by atoms with van der Waals surface area (Å²) in [6, 6.07) is 15.1. The molecule has 1 atom stereocenters. The van der Waals surface area contributed by atoms with Crippen molar-refractivity contribution in [1.82, 2.24) is 9.62 Å². The first-order valence-electron chi connectivity index (χ1n) is 10.4. The maximum atomic E-state index is 12.7. The van der Waals surface area contributed by atoms with Gasteiger partial charge in [0, 0.05) is 24.4 Å². The summed E-state index contributed by atoms with van der Waals surface area (Å²) >= 11 is 1.69. The molecule has 0 saturated carbocycles. The molecule has 0 radical (unpaired) electrons. The summed E-state index contributed by atoms with van der Waals surface area (Å²) in [6.07, 6.45) is 5.92. The molecule has 3 rings (SSSR count). The largest absolute Gasteiger partial charge is 0.350 e. The molecular weight excluding hydrogens is 416 g/mol. The second kappa shape index (κ2) is 10.5. The molecule has 0 aromatic heterocycles. The number of hydrogen-bond acceptors (Lipinski definition) is 4. The summed E-state index contributed by atoms with van der Waals surface area (Å²) in [7, 11) is -3.41. The van der Waals surface area contributed by atoms with Crippen molar-refractivity contribution in [2.45, 2.75) is 54.9 Å². The van der Waals surface area contributed by atoms with Gasteiger partial charge in [0.2, 0.25) is 15.9 Å². The predicted octanol–water partition coefficient (Wildman–Crippen LogP) is 4.39. The minimum atomic E-state index is -3.41. The van der Waals surface area contributed by atoms with Crippen molar-refractivity contribution in [3.63, 3.8) is 0 Å². The fourth-order valence-electron chi connectivity index (χ4n) is 3.63. The minimum absolute atomic E-state index is 0.0125. The van der Waals surface area contributed by atoms with Crippen LogP contribution in [0.3, 0.4) is 0 Å². The number of nitrogens with zero attached hydrogens (tertiary/aromatic N) is 1. The number of piperidine rings is 1. The highest BCUT2D eigenvalue weighted by Gasteiger charge is 2.25. The van der Waals surface area contributed by atoms with Crippen molar-refractivity contribution in [2.75, 3.05) is 19.3 Å². The number of benzene rings is 2. The van der Waals surface area contributed by atoms with Gasteiger partial charge in [-0.2, -0.15) is 4.31 Å². The zero-order valence-electron chi connectivity index (χ0n) is 17.6. The Labute approximate surface area is 184 Å². The van der Waals surface area contributed by atoms with Gasteiger partial charge in [0.25, 0.3) is 0 Å². The van der Waals surface area contributed by atoms with E-state index in [2.05, 4.69) is 17.4 Å². The van der Waals surface area contributed by atoms with E-state index in [-0.39, 0.29) is 11.9 Å². The van der Waals surface area contributed by atoms with Crippen molar-refractivity contribution >= 4 is 27.7 Å². The van der Waals surface area contributed by atoms with E-state index < -0.39 is 10.0 Å². The van der Waals surface area contributed by atoms with Gasteiger partial charge in [0.05, 0.1) is 10.9 Å². The summed E-state index contributed by atoms with van der Waals surface area (Å²) < 4.78 is 27.0. The maximum absolute atomic E-state index is 12.7. The Balaban J connectivity index is 1.52. The lowest BCUT2D eigenvalue weighted by molar-refractivity contribution is -0.121. The lowest BCUT2D eigenvalue weighted by Gasteiger charge is -2.25. The zero-order chi connectivity index (χ0) is 21.6. The molecule has 1 aliphatic heterocycles. The molecule has 0 unspecified atom stereocenters. The van der Waals surface area contributed by atoms with Crippen LogP contribution in [0.15, 0.2) is 58.3 Å². The fraction of sp³-hybridized carbons (Fsp3) is 0.435. The van der Waals surface area contributed by atoms with Crippen molar-refractivity contribution in [3.05, 3.63) is 59.7 Å². The second-order valence-corrected chi connectivity index (χ2v) is 10.5. The van der Waals surface area contributed by atoms with E-state index in [1.165, 1.54) is 4.90 Å². The minimum Gasteiger partial charge on any atom is -0.350 e. The number of amides is 1. The summed E-state index contributed by atoms with van der Waals surface area (Å²) in [5, 5.41) is 3.03. The molecule has 2 aromatic rings. The second-order valence-electron chi connectivity index (χ2n) is 7.67. The molecule has 1 N–H and O–H groups in total. The first-order valence-corrected chi connectivity index (χ1v) is 13.1. The Bertz CT molecular complexity index is 935. The van der Waals surface area contributed by atoms with Gasteiger partial charge in [-0.1, -0.05) is 30.7 Å². The van der Waals surface area contributed by atoms with Crippen LogP contribution in [-0.4, -0.2) is 38.0 Å². The topological polar surface area (TPSA) is 66.5 Å². The van der Waals surface area contributed by atoms with E-state index in [0.717, 1.165) is 30.4 Å². The van der Waals surface area contributed by atoms with Crippen molar-refractivity contribution in [1.29, 1.82) is 0 Å². The van der Waals surface area contributed by atoms with Gasteiger partial charge in [0.1, 0.15) is 0 Å². The van der Waals surface area contributed by atoms with Crippen molar-refractivity contribution in [3.8, 4) is 0 Å². The molecular formula is C23H30N2O3S2. The van der Waals surface area contributed by atoms with E-state index in [1.54, 1.807) is 28.2 Å². The number of nitrogens with one attached hydrogen (secondary N) is 1. The van der Waals surface area contributed by atoms with E-state index in [9.17, 15) is 13.2 Å². The van der Waals surface area contributed by atoms with Crippen molar-refractivity contribution in [2.24, 2.45) is 0 Å². The van der Waals surface area contributed by atoms with Crippen LogP contribution >= 0.6 is 11.8 Å². The van der Waals surface area contributed by atoms with Crippen LogP contribution in [-0.2, 0) is 21.2 Å². The molecule has 30 heavy (non-hydrogen) atoms. The molecule has 1 heterocycles. The molecule has 162 valence electrons. The van der Waals surface area contributed by atoms with Crippen molar-refractivity contribution < 1.29 is 13.2 Å². The van der Waals surface area contributed by atoms with Gasteiger partial charge in [-0.05, 0) is 67.8 Å². The number of hydrogen-bond donors (Lipinski definition) is 1. The number of thioether (sulfide) groups is 1. The molecule has 1 aliphatic rings. The first-order chi connectivity index (χ1) is 14.4. The molecule has 0 aliphatic carbocycles. The highest BCUT2D eigenvalue weighted by Crippen LogP contribution is 2.22. The average Bonchev–Trinajstić information content (AvgIpc) is 2.78. The van der Waals surface area contributed by atoms with E-state index >= 15 is 0 Å². The third kappa shape index (κ3) is 5.86. The SMILES string of the molecule is CSc1ccc([C@@H](C)NC(=O)CCc2ccc(S(=O)(=O)N3CCCCC3)cc2)cc1. The van der Waals surface area contributed by atoms with Gasteiger partial charge in [-0.15, -0.1) is 11.8 Å². The summed E-state index contributed by atoms with van der Waals surface area (Å²) in [5.41, 5.74) is 2.04. The number of carbonyl (C=O) groups is 1. The average molecular weight is 447 g/mol. The Kier molecular flexibility index (Phi) is 7.97. The monoisotopic (exact) mass is 446 g/mol. The highest BCUT2D eigenvalue weighted by molar-refractivity contribution is 7.98. The quantitative estimate of drug-likeness (QED) is 0.611. The third-order valence-corrected chi connectivity index (χ3v) is 8.17. The van der Waals surface area contributed by atoms with Crippen LogP contribution in [0.2, 0.25) is 0 Å². The number of carbonyl (C=O) groups excluding carboxylic acids is 1. The third-order valence-electron chi connectivity index (χ3n) is 5.51. The lowest BCUT2D eigenvalue weighted by atomic mass is 10.1. The summed E-state index contributed by atoms with van der Waals surface area (Å²) in [6.45, 7) is 3.18. The Morgan fingerprint density at radius 3 is 2.27 bits per heavy atom. The van der Waals surface area contributed by atoms with Crippen LogP contribution < -0.4 is 5.32 Å². The zero-order valence-corrected chi connectivity index (χ0v) is 19.3. The number of aryl methyl sites for hydroxylation is 1. The fourth-order valence-corrected chi connectivity index (χ4v) is 5.56. The molecule has 0 bridgehead atoms. The lowest BCUT2D eigenvalue weighted by Crippen LogP contribution is -2.35. The normalized spacial score (nSPS) is 16.2. The smallest absolute Gasteiger partial charge is 0.243 e. The van der Waals surface area contributed by atoms with E-state index in [4.69, 9.17) is 0 Å². The summed E-state index contributed by atoms with van der Waals surface area (Å²) in [5.74, 6) is -0.0125. The number of rotatable bonds is 8. The molecule has 1 amide bonds. The summed E-state index contributed by atoms with van der Waals surface area (Å²) in [4.78, 5) is 13.9. The van der Waals surface area contributed by atoms with Crippen LogP contribution in [0.5, 0.6) is 0 Å². The Morgan fingerprint density at radius 1 is 1.03 bits per heavy atom. The molecule has 1 saturated heterocycles. The standard InChI is InChI=1S/C23H30N2O3S2/c1-18(20-9-11-21(29-2)12-10-20)24-23(26)15-8-19-6-13-22(14-7-19)30(27,28)25-16-4-3-5-17-25/h6-7,9-14,18H,3-5,8,15-17H2,1-2H3,(H,24,26)/t18-/m1/s1. The van der Waals surface area contributed by atoms with Crippen LogP contribution in [0.25, 0.3) is 0 Å². The van der Waals surface area contributed by atoms with Gasteiger partial charge in [-0.25, -0.2) is 8.42 Å². The Hall–Kier alpha value is -1.83. The van der Waals surface area contributed by atoms with Crippen LogP contribution in [0.4, 0.5) is 0 Å².